The largest absolute Gasteiger partial charge is 0.228 e. The van der Waals surface area contributed by atoms with Gasteiger partial charge in [0.1, 0.15) is 10.2 Å². The third-order valence-electron chi connectivity index (χ3n) is 0.608. The normalized spacial score (nSPS) is 13.2. The van der Waals surface area contributed by atoms with Gasteiger partial charge in [-0.25, -0.2) is 16.8 Å². The lowest BCUT2D eigenvalue weighted by molar-refractivity contribution is 0.604. The fraction of sp³-hybridized carbons (Fsp3) is 1.00. The van der Waals surface area contributed by atoms with E-state index in [0.29, 0.717) is 0 Å². The van der Waals surface area contributed by atoms with Gasteiger partial charge < -0.3 is 0 Å². The Morgan fingerprint density at radius 2 is 1.08 bits per heavy atom. The summed E-state index contributed by atoms with van der Waals surface area (Å²) < 4.78 is 42.3. The molecule has 0 heterocycles. The highest BCUT2D eigenvalue weighted by atomic mass is 33.1. The van der Waals surface area contributed by atoms with Gasteiger partial charge in [0.15, 0.2) is 19.7 Å². The van der Waals surface area contributed by atoms with E-state index >= 15 is 0 Å². The molecule has 0 N–H and O–H groups in total. The van der Waals surface area contributed by atoms with Crippen molar-refractivity contribution in [1.29, 1.82) is 0 Å². The Kier molecular flexibility index (Phi) is 4.97. The Hall–Kier alpha value is 0.600. The molecule has 74 valence electrons. The molecular weight excluding hydrogens is 240 g/mol. The highest BCUT2D eigenvalue weighted by Gasteiger charge is 2.05. The van der Waals surface area contributed by atoms with Crippen molar-refractivity contribution in [3.8, 4) is 0 Å². The average Bonchev–Trinajstić information content (AvgIpc) is 1.76. The molecule has 0 aliphatic carbocycles. The molecule has 0 atom stereocenters. The second-order valence-electron chi connectivity index (χ2n) is 2.32. The van der Waals surface area contributed by atoms with E-state index < -0.39 is 19.7 Å². The molecule has 0 radical (unpaired) electrons. The number of rotatable bonds is 5. The molecule has 0 aliphatic rings. The molecule has 0 bridgehead atoms. The zero-order valence-corrected chi connectivity index (χ0v) is 9.95. The van der Waals surface area contributed by atoms with Gasteiger partial charge in [-0.05, 0) is 0 Å². The summed E-state index contributed by atoms with van der Waals surface area (Å²) in [5.74, 6) is 0. The SMILES string of the molecule is CS(=O)(=O)CSSCS(C)(=O)=O. The Balaban J connectivity index is 3.62. The van der Waals surface area contributed by atoms with E-state index in [9.17, 15) is 16.8 Å². The van der Waals surface area contributed by atoms with Crippen LogP contribution in [-0.2, 0) is 19.7 Å². The first-order valence-corrected chi connectivity index (χ1v) is 9.41. The maximum Gasteiger partial charge on any atom is 0.157 e. The fourth-order valence-electron chi connectivity index (χ4n) is 0.243. The van der Waals surface area contributed by atoms with Crippen LogP contribution in [0.1, 0.15) is 0 Å². The lowest BCUT2D eigenvalue weighted by Crippen LogP contribution is -2.00. The lowest BCUT2D eigenvalue weighted by atomic mass is 11.9. The van der Waals surface area contributed by atoms with Crippen LogP contribution in [0.5, 0.6) is 0 Å². The summed E-state index contributed by atoms with van der Waals surface area (Å²) in [6, 6.07) is 0. The van der Waals surface area contributed by atoms with Crippen molar-refractivity contribution in [3.63, 3.8) is 0 Å². The molecule has 0 amide bonds. The van der Waals surface area contributed by atoms with Crippen LogP contribution in [0.25, 0.3) is 0 Å². The molecule has 0 unspecified atom stereocenters. The lowest BCUT2D eigenvalue weighted by Gasteiger charge is -1.97. The summed E-state index contributed by atoms with van der Waals surface area (Å²) in [5, 5.41) is -0.0969. The van der Waals surface area contributed by atoms with Crippen LogP contribution in [0.3, 0.4) is 0 Å². The predicted molar refractivity (Wildman–Crippen MR) is 54.6 cm³/mol. The van der Waals surface area contributed by atoms with E-state index in [4.69, 9.17) is 0 Å². The zero-order valence-electron chi connectivity index (χ0n) is 6.68. The molecule has 0 aromatic rings. The Labute approximate surface area is 80.7 Å². The molecule has 0 fully saturated rings. The first-order valence-electron chi connectivity index (χ1n) is 2.80. The monoisotopic (exact) mass is 250 g/mol. The minimum absolute atomic E-state index is 0.0484. The van der Waals surface area contributed by atoms with E-state index in [-0.39, 0.29) is 10.2 Å². The third kappa shape index (κ3) is 10.6. The fourth-order valence-corrected chi connectivity index (χ4v) is 6.56. The van der Waals surface area contributed by atoms with Gasteiger partial charge in [-0.1, -0.05) is 21.6 Å². The van der Waals surface area contributed by atoms with Gasteiger partial charge in [-0.15, -0.1) is 0 Å². The van der Waals surface area contributed by atoms with Crippen LogP contribution in [0.2, 0.25) is 0 Å². The van der Waals surface area contributed by atoms with Gasteiger partial charge in [0, 0.05) is 12.5 Å². The van der Waals surface area contributed by atoms with Crippen molar-refractivity contribution in [2.75, 3.05) is 22.7 Å². The summed E-state index contributed by atoms with van der Waals surface area (Å²) >= 11 is 0. The van der Waals surface area contributed by atoms with Crippen LogP contribution < -0.4 is 0 Å². The van der Waals surface area contributed by atoms with E-state index in [0.717, 1.165) is 34.1 Å². The molecule has 8 heteroatoms. The highest BCUT2D eigenvalue weighted by Crippen LogP contribution is 2.23. The Morgan fingerprint density at radius 1 is 0.833 bits per heavy atom. The van der Waals surface area contributed by atoms with Crippen molar-refractivity contribution in [2.45, 2.75) is 0 Å². The van der Waals surface area contributed by atoms with Crippen LogP contribution in [0, 0.1) is 0 Å². The predicted octanol–water partition coefficient (Wildman–Crippen LogP) is 0.372. The van der Waals surface area contributed by atoms with Crippen LogP contribution in [0.15, 0.2) is 0 Å². The average molecular weight is 250 g/mol. The molecule has 0 aromatic heterocycles. The van der Waals surface area contributed by atoms with E-state index in [2.05, 4.69) is 0 Å². The van der Waals surface area contributed by atoms with Crippen molar-refractivity contribution >= 4 is 41.3 Å². The number of hydrogen-bond donors (Lipinski definition) is 0. The molecule has 0 spiro atoms. The number of hydrogen-bond acceptors (Lipinski definition) is 6. The first-order chi connectivity index (χ1) is 5.21. The van der Waals surface area contributed by atoms with Gasteiger partial charge >= 0.3 is 0 Å². The van der Waals surface area contributed by atoms with Gasteiger partial charge in [0.2, 0.25) is 0 Å². The Morgan fingerprint density at radius 3 is 1.25 bits per heavy atom. The smallest absolute Gasteiger partial charge is 0.157 e. The van der Waals surface area contributed by atoms with E-state index in [1.165, 1.54) is 0 Å². The van der Waals surface area contributed by atoms with Crippen molar-refractivity contribution < 1.29 is 16.8 Å². The summed E-state index contributed by atoms with van der Waals surface area (Å²) in [7, 11) is -3.92. The standard InChI is InChI=1S/C4H10O4S4/c1-11(5,6)3-9-10-4-12(2,7)8/h3-4H2,1-2H3. The summed E-state index contributed by atoms with van der Waals surface area (Å²) in [5.41, 5.74) is 0. The second-order valence-corrected chi connectivity index (χ2v) is 9.80. The van der Waals surface area contributed by atoms with Crippen LogP contribution in [0.4, 0.5) is 0 Å². The first kappa shape index (κ1) is 12.6. The van der Waals surface area contributed by atoms with Gasteiger partial charge in [-0.3, -0.25) is 0 Å². The van der Waals surface area contributed by atoms with Crippen molar-refractivity contribution in [2.24, 2.45) is 0 Å². The molecule has 0 rings (SSSR count). The third-order valence-corrected chi connectivity index (χ3v) is 7.20. The van der Waals surface area contributed by atoms with Crippen molar-refractivity contribution in [1.82, 2.24) is 0 Å². The topological polar surface area (TPSA) is 68.3 Å². The molecule has 0 saturated heterocycles. The van der Waals surface area contributed by atoms with E-state index in [1.54, 1.807) is 0 Å². The quantitative estimate of drug-likeness (QED) is 0.519. The van der Waals surface area contributed by atoms with Crippen LogP contribution >= 0.6 is 21.6 Å². The maximum absolute atomic E-state index is 10.6. The molecule has 0 saturated carbocycles. The summed E-state index contributed by atoms with van der Waals surface area (Å²) in [6.45, 7) is 0. The molecule has 4 nitrogen and oxygen atoms in total. The van der Waals surface area contributed by atoms with Gasteiger partial charge in [-0.2, -0.15) is 0 Å². The minimum Gasteiger partial charge on any atom is -0.228 e. The minimum atomic E-state index is -2.99. The van der Waals surface area contributed by atoms with Gasteiger partial charge in [0.05, 0.1) is 0 Å². The Bertz CT molecular complexity index is 279. The number of sulfone groups is 2. The second kappa shape index (κ2) is 4.73. The van der Waals surface area contributed by atoms with E-state index in [1.807, 2.05) is 0 Å². The highest BCUT2D eigenvalue weighted by molar-refractivity contribution is 8.79. The molecular formula is C4H10O4S4. The molecule has 12 heavy (non-hydrogen) atoms. The maximum atomic E-state index is 10.6. The molecule has 0 aromatic carbocycles. The van der Waals surface area contributed by atoms with Gasteiger partial charge in [0.25, 0.3) is 0 Å². The summed E-state index contributed by atoms with van der Waals surface area (Å²) in [6.07, 6.45) is 2.22. The molecule has 0 aliphatic heterocycles. The summed E-state index contributed by atoms with van der Waals surface area (Å²) in [4.78, 5) is 0. The van der Waals surface area contributed by atoms with Crippen molar-refractivity contribution in [3.05, 3.63) is 0 Å². The zero-order chi connectivity index (χ0) is 9.83. The van der Waals surface area contributed by atoms with Crippen LogP contribution in [-0.4, -0.2) is 39.5 Å².